The Labute approximate surface area is 103 Å². The van der Waals surface area contributed by atoms with Gasteiger partial charge in [0.05, 0.1) is 0 Å². The molecular weight excluding hydrogens is 210 g/mol. The van der Waals surface area contributed by atoms with Gasteiger partial charge in [-0.05, 0) is 44.7 Å². The Bertz CT molecular complexity index is 398. The molecule has 2 heterocycles. The lowest BCUT2D eigenvalue weighted by atomic mass is 10.0. The fourth-order valence-electron chi connectivity index (χ4n) is 2.01. The molecule has 3 heteroatoms. The van der Waals surface area contributed by atoms with Crippen molar-refractivity contribution >= 4 is 11.5 Å². The molecule has 0 aliphatic carbocycles. The zero-order valence-electron chi connectivity index (χ0n) is 10.7. The summed E-state index contributed by atoms with van der Waals surface area (Å²) >= 11 is 0. The molecule has 1 aliphatic heterocycles. The van der Waals surface area contributed by atoms with Gasteiger partial charge in [0.2, 0.25) is 0 Å². The Morgan fingerprint density at radius 3 is 3.00 bits per heavy atom. The molecule has 92 valence electrons. The second-order valence-corrected chi connectivity index (χ2v) is 4.64. The molecule has 0 spiro atoms. The SMILES string of the molecule is CCC(C)Nc1ncccc1C1=NCCCC1. The molecule has 1 atom stereocenters. The molecule has 0 radical (unpaired) electrons. The molecule has 1 unspecified atom stereocenters. The Balaban J connectivity index is 2.23. The fourth-order valence-corrected chi connectivity index (χ4v) is 2.01. The summed E-state index contributed by atoms with van der Waals surface area (Å²) in [6.07, 6.45) is 6.50. The van der Waals surface area contributed by atoms with Gasteiger partial charge in [-0.2, -0.15) is 0 Å². The van der Waals surface area contributed by atoms with Gasteiger partial charge in [0.1, 0.15) is 5.82 Å². The van der Waals surface area contributed by atoms with Crippen LogP contribution in [0.4, 0.5) is 5.82 Å². The summed E-state index contributed by atoms with van der Waals surface area (Å²) in [5.41, 5.74) is 2.41. The summed E-state index contributed by atoms with van der Waals surface area (Å²) in [5.74, 6) is 0.988. The van der Waals surface area contributed by atoms with Gasteiger partial charge >= 0.3 is 0 Å². The van der Waals surface area contributed by atoms with E-state index in [9.17, 15) is 0 Å². The zero-order chi connectivity index (χ0) is 12.1. The monoisotopic (exact) mass is 231 g/mol. The predicted octanol–water partition coefficient (Wildman–Crippen LogP) is 3.27. The average molecular weight is 231 g/mol. The van der Waals surface area contributed by atoms with Crippen LogP contribution in [0.2, 0.25) is 0 Å². The third kappa shape index (κ3) is 3.05. The third-order valence-corrected chi connectivity index (χ3v) is 3.24. The molecule has 1 N–H and O–H groups in total. The zero-order valence-corrected chi connectivity index (χ0v) is 10.7. The van der Waals surface area contributed by atoms with Crippen molar-refractivity contribution in [3.05, 3.63) is 23.9 Å². The molecule has 0 aromatic carbocycles. The predicted molar refractivity (Wildman–Crippen MR) is 72.9 cm³/mol. The molecule has 1 aliphatic rings. The smallest absolute Gasteiger partial charge is 0.135 e. The Morgan fingerprint density at radius 2 is 2.29 bits per heavy atom. The van der Waals surface area contributed by atoms with Crippen molar-refractivity contribution in [2.75, 3.05) is 11.9 Å². The van der Waals surface area contributed by atoms with Crippen molar-refractivity contribution in [3.8, 4) is 0 Å². The van der Waals surface area contributed by atoms with E-state index in [4.69, 9.17) is 0 Å². The molecule has 0 amide bonds. The van der Waals surface area contributed by atoms with Crippen LogP contribution in [0.5, 0.6) is 0 Å². The number of aliphatic imine (C=N–C) groups is 1. The summed E-state index contributed by atoms with van der Waals surface area (Å²) in [4.78, 5) is 9.08. The van der Waals surface area contributed by atoms with Gasteiger partial charge in [-0.1, -0.05) is 6.92 Å². The number of pyridine rings is 1. The number of rotatable bonds is 4. The Morgan fingerprint density at radius 1 is 1.41 bits per heavy atom. The molecular formula is C14H21N3. The van der Waals surface area contributed by atoms with Crippen molar-refractivity contribution in [3.63, 3.8) is 0 Å². The van der Waals surface area contributed by atoms with E-state index in [1.165, 1.54) is 24.1 Å². The van der Waals surface area contributed by atoms with Gasteiger partial charge in [-0.3, -0.25) is 4.99 Å². The molecule has 3 nitrogen and oxygen atoms in total. The van der Waals surface area contributed by atoms with Gasteiger partial charge in [0.25, 0.3) is 0 Å². The summed E-state index contributed by atoms with van der Waals surface area (Å²) < 4.78 is 0. The molecule has 1 aromatic rings. The first-order valence-electron chi connectivity index (χ1n) is 6.56. The van der Waals surface area contributed by atoms with Crippen LogP contribution in [0.1, 0.15) is 45.1 Å². The third-order valence-electron chi connectivity index (χ3n) is 3.24. The van der Waals surface area contributed by atoms with E-state index in [-0.39, 0.29) is 0 Å². The van der Waals surface area contributed by atoms with Crippen molar-refractivity contribution in [2.45, 2.75) is 45.6 Å². The van der Waals surface area contributed by atoms with Crippen LogP contribution in [0, 0.1) is 0 Å². The maximum absolute atomic E-state index is 4.63. The van der Waals surface area contributed by atoms with E-state index < -0.39 is 0 Å². The van der Waals surface area contributed by atoms with Crippen molar-refractivity contribution in [1.29, 1.82) is 0 Å². The highest BCUT2D eigenvalue weighted by Crippen LogP contribution is 2.20. The molecule has 0 bridgehead atoms. The quantitative estimate of drug-likeness (QED) is 0.863. The molecule has 1 aromatic heterocycles. The van der Waals surface area contributed by atoms with E-state index in [1.54, 1.807) is 0 Å². The number of anilines is 1. The van der Waals surface area contributed by atoms with Crippen LogP contribution < -0.4 is 5.32 Å². The second-order valence-electron chi connectivity index (χ2n) is 4.64. The van der Waals surface area contributed by atoms with Crippen molar-refractivity contribution < 1.29 is 0 Å². The first-order chi connectivity index (χ1) is 8.31. The number of nitrogens with one attached hydrogen (secondary N) is 1. The highest BCUT2D eigenvalue weighted by Gasteiger charge is 2.13. The molecule has 0 saturated heterocycles. The van der Waals surface area contributed by atoms with Gasteiger partial charge in [-0.15, -0.1) is 0 Å². The van der Waals surface area contributed by atoms with Crippen LogP contribution in [0.25, 0.3) is 0 Å². The summed E-state index contributed by atoms with van der Waals surface area (Å²) in [6.45, 7) is 5.33. The lowest BCUT2D eigenvalue weighted by Crippen LogP contribution is -2.18. The Hall–Kier alpha value is -1.38. The number of hydrogen-bond acceptors (Lipinski definition) is 3. The average Bonchev–Trinajstić information content (AvgIpc) is 2.40. The molecule has 0 fully saturated rings. The fraction of sp³-hybridized carbons (Fsp3) is 0.571. The minimum absolute atomic E-state index is 0.452. The minimum Gasteiger partial charge on any atom is -0.367 e. The maximum atomic E-state index is 4.63. The molecule has 0 saturated carbocycles. The summed E-state index contributed by atoms with van der Waals surface area (Å²) in [5, 5.41) is 3.47. The number of hydrogen-bond donors (Lipinski definition) is 1. The summed E-state index contributed by atoms with van der Waals surface area (Å²) in [6, 6.07) is 4.57. The van der Waals surface area contributed by atoms with E-state index in [2.05, 4.69) is 35.2 Å². The first kappa shape index (κ1) is 12.1. The Kier molecular flexibility index (Phi) is 4.13. The highest BCUT2D eigenvalue weighted by molar-refractivity contribution is 6.04. The van der Waals surface area contributed by atoms with Crippen LogP contribution >= 0.6 is 0 Å². The lowest BCUT2D eigenvalue weighted by molar-refractivity contribution is 0.736. The topological polar surface area (TPSA) is 37.3 Å². The van der Waals surface area contributed by atoms with Gasteiger partial charge in [0.15, 0.2) is 0 Å². The van der Waals surface area contributed by atoms with Crippen LogP contribution in [0.3, 0.4) is 0 Å². The number of nitrogens with zero attached hydrogens (tertiary/aromatic N) is 2. The van der Waals surface area contributed by atoms with Crippen LogP contribution in [-0.2, 0) is 0 Å². The number of aromatic nitrogens is 1. The molecule has 17 heavy (non-hydrogen) atoms. The van der Waals surface area contributed by atoms with Gasteiger partial charge < -0.3 is 5.32 Å². The summed E-state index contributed by atoms with van der Waals surface area (Å²) in [7, 11) is 0. The normalized spacial score (nSPS) is 17.4. The second kappa shape index (κ2) is 5.80. The maximum Gasteiger partial charge on any atom is 0.135 e. The van der Waals surface area contributed by atoms with Crippen molar-refractivity contribution in [1.82, 2.24) is 4.98 Å². The van der Waals surface area contributed by atoms with E-state index >= 15 is 0 Å². The first-order valence-corrected chi connectivity index (χ1v) is 6.56. The van der Waals surface area contributed by atoms with Crippen molar-refractivity contribution in [2.24, 2.45) is 4.99 Å². The van der Waals surface area contributed by atoms with E-state index in [1.807, 2.05) is 12.3 Å². The van der Waals surface area contributed by atoms with Crippen LogP contribution in [0.15, 0.2) is 23.3 Å². The van der Waals surface area contributed by atoms with E-state index in [0.29, 0.717) is 6.04 Å². The lowest BCUT2D eigenvalue weighted by Gasteiger charge is -2.18. The standard InChI is InChI=1S/C14H21N3/c1-3-11(2)17-14-12(7-6-10-16-14)13-8-4-5-9-15-13/h6-7,10-11H,3-5,8-9H2,1-2H3,(H,16,17). The van der Waals surface area contributed by atoms with Gasteiger partial charge in [0, 0.05) is 30.1 Å². The largest absolute Gasteiger partial charge is 0.367 e. The minimum atomic E-state index is 0.452. The molecule has 2 rings (SSSR count). The van der Waals surface area contributed by atoms with E-state index in [0.717, 1.165) is 25.2 Å². The van der Waals surface area contributed by atoms with Gasteiger partial charge in [-0.25, -0.2) is 4.98 Å². The highest BCUT2D eigenvalue weighted by atomic mass is 15.0. The van der Waals surface area contributed by atoms with Crippen LogP contribution in [-0.4, -0.2) is 23.3 Å².